The van der Waals surface area contributed by atoms with Gasteiger partial charge in [0.25, 0.3) is 0 Å². The second-order valence-electron chi connectivity index (χ2n) is 13.5. The lowest BCUT2D eigenvalue weighted by Crippen LogP contribution is -2.58. The Hall–Kier alpha value is -5.78. The summed E-state index contributed by atoms with van der Waals surface area (Å²) in [5.74, 6) is -2.72. The highest BCUT2D eigenvalue weighted by Crippen LogP contribution is 2.20. The van der Waals surface area contributed by atoms with Gasteiger partial charge in [-0.15, -0.1) is 11.3 Å². The van der Waals surface area contributed by atoms with E-state index in [1.54, 1.807) is 11.3 Å². The van der Waals surface area contributed by atoms with E-state index in [0.29, 0.717) is 19.5 Å². The molecule has 0 spiro atoms. The first-order valence-electron chi connectivity index (χ1n) is 18.2. The zero-order chi connectivity index (χ0) is 37.7. The Labute approximate surface area is 319 Å². The number of benzene rings is 4. The summed E-state index contributed by atoms with van der Waals surface area (Å²) < 4.78 is 0. The molecule has 0 fully saturated rings. The molecule has 54 heavy (non-hydrogen) atoms. The van der Waals surface area contributed by atoms with E-state index < -0.39 is 42.0 Å². The molecule has 6 N–H and O–H groups in total. The summed E-state index contributed by atoms with van der Waals surface area (Å²) in [5, 5.41) is 27.5. The number of carboxylic acids is 1. The van der Waals surface area contributed by atoms with Crippen LogP contribution in [0.15, 0.2) is 127 Å². The number of carbonyl (C=O) groups excluding carboxylic acids is 3. The minimum Gasteiger partial charge on any atom is -0.480 e. The molecule has 2 bridgehead atoms. The van der Waals surface area contributed by atoms with Gasteiger partial charge in [0.1, 0.15) is 18.1 Å². The molecule has 4 aromatic carbocycles. The Morgan fingerprint density at radius 2 is 1.20 bits per heavy atom. The van der Waals surface area contributed by atoms with Crippen LogP contribution < -0.4 is 26.6 Å². The second kappa shape index (κ2) is 18.8. The Morgan fingerprint density at radius 1 is 0.611 bits per heavy atom. The van der Waals surface area contributed by atoms with Gasteiger partial charge in [0, 0.05) is 42.8 Å². The highest BCUT2D eigenvalue weighted by atomic mass is 32.1. The highest BCUT2D eigenvalue weighted by Gasteiger charge is 2.31. The number of amides is 3. The molecule has 2 aliphatic rings. The summed E-state index contributed by atoms with van der Waals surface area (Å²) >= 11 is 1.56. The molecule has 1 aromatic heterocycles. The van der Waals surface area contributed by atoms with Gasteiger partial charge in [-0.2, -0.15) is 0 Å². The molecular weight excluding hydrogens is 699 g/mol. The predicted octanol–water partition coefficient (Wildman–Crippen LogP) is 5.00. The van der Waals surface area contributed by atoms with Gasteiger partial charge in [-0.05, 0) is 64.4 Å². The Morgan fingerprint density at radius 3 is 1.83 bits per heavy atom. The van der Waals surface area contributed by atoms with E-state index in [0.717, 1.165) is 44.8 Å². The summed E-state index contributed by atoms with van der Waals surface area (Å²) in [6, 6.07) is 34.3. The van der Waals surface area contributed by atoms with Crippen molar-refractivity contribution in [3.63, 3.8) is 0 Å². The lowest BCUT2D eigenvalue weighted by atomic mass is 9.99. The van der Waals surface area contributed by atoms with Crippen molar-refractivity contribution < 1.29 is 24.3 Å². The van der Waals surface area contributed by atoms with E-state index >= 15 is 0 Å². The van der Waals surface area contributed by atoms with Gasteiger partial charge < -0.3 is 31.7 Å². The first-order chi connectivity index (χ1) is 26.3. The number of aliphatic carboxylic acids is 1. The second-order valence-corrected chi connectivity index (χ2v) is 14.5. The molecule has 4 atom stereocenters. The van der Waals surface area contributed by atoms with Crippen LogP contribution in [0, 0.1) is 0 Å². The van der Waals surface area contributed by atoms with Crippen molar-refractivity contribution in [1.82, 2.24) is 21.3 Å². The van der Waals surface area contributed by atoms with E-state index in [9.17, 15) is 24.3 Å². The maximum absolute atomic E-state index is 14.3. The van der Waals surface area contributed by atoms with E-state index in [-0.39, 0.29) is 25.2 Å². The number of carbonyl (C=O) groups is 4. The summed E-state index contributed by atoms with van der Waals surface area (Å²) in [6.07, 6.45) is 1.49. The molecule has 3 amide bonds. The van der Waals surface area contributed by atoms with Gasteiger partial charge in [0.05, 0.1) is 6.04 Å². The molecule has 7 rings (SSSR count). The molecule has 0 saturated carbocycles. The van der Waals surface area contributed by atoms with Gasteiger partial charge in [-0.3, -0.25) is 14.4 Å². The van der Waals surface area contributed by atoms with Gasteiger partial charge in [-0.25, -0.2) is 4.79 Å². The van der Waals surface area contributed by atoms with Crippen LogP contribution in [0.2, 0.25) is 0 Å². The first kappa shape index (κ1) is 38.0. The van der Waals surface area contributed by atoms with E-state index in [1.165, 1.54) is 0 Å². The standard InChI is InChI=1S/C43H45N5O5S/c49-40-36(28-35-13-7-24-54-35)45-23-8-22-44-34-20-16-31(17-21-34)27-39(43(52)53)48-42(51)37(25-29-9-3-1-4-10-29)47-41(50)38(46-40)26-30-14-18-33(19-15-30)32-11-5-2-6-12-32/h1-7,9-21,24,36-39,44-45H,8,22-23,25-28H2,(H,46,49)(H,47,50)(H,48,51)(H,52,53)/t36-,37-,38+,39-/m1/s1. The molecule has 10 nitrogen and oxygen atoms in total. The molecular formula is C43H45N5O5S. The lowest BCUT2D eigenvalue weighted by molar-refractivity contribution is -0.142. The van der Waals surface area contributed by atoms with Crippen LogP contribution in [-0.4, -0.2) is 66.1 Å². The topological polar surface area (TPSA) is 149 Å². The number of hydrogen-bond acceptors (Lipinski definition) is 7. The summed E-state index contributed by atoms with van der Waals surface area (Å²) in [7, 11) is 0. The van der Waals surface area contributed by atoms with Crippen molar-refractivity contribution in [2.75, 3.05) is 18.4 Å². The molecule has 0 saturated heterocycles. The lowest BCUT2D eigenvalue weighted by Gasteiger charge is -2.26. The maximum atomic E-state index is 14.3. The normalized spacial score (nSPS) is 20.2. The molecule has 11 heteroatoms. The number of thiophene rings is 1. The number of rotatable bonds is 8. The number of fused-ring (bicyclic) bond motifs is 17. The maximum Gasteiger partial charge on any atom is 0.326 e. The molecule has 5 aromatic rings. The number of hydrogen-bond donors (Lipinski definition) is 6. The largest absolute Gasteiger partial charge is 0.480 e. The van der Waals surface area contributed by atoms with Crippen LogP contribution in [0.3, 0.4) is 0 Å². The van der Waals surface area contributed by atoms with Crippen LogP contribution in [0.25, 0.3) is 11.1 Å². The summed E-state index contributed by atoms with van der Waals surface area (Å²) in [5.41, 5.74) is 5.29. The van der Waals surface area contributed by atoms with Crippen molar-refractivity contribution >= 4 is 40.7 Å². The zero-order valence-electron chi connectivity index (χ0n) is 29.9. The molecule has 278 valence electrons. The zero-order valence-corrected chi connectivity index (χ0v) is 30.7. The Balaban J connectivity index is 1.31. The van der Waals surface area contributed by atoms with Crippen molar-refractivity contribution in [1.29, 1.82) is 0 Å². The van der Waals surface area contributed by atoms with Gasteiger partial charge >= 0.3 is 5.97 Å². The fraction of sp³-hybridized carbons (Fsp3) is 0.256. The third-order valence-corrected chi connectivity index (χ3v) is 10.3. The van der Waals surface area contributed by atoms with E-state index in [4.69, 9.17) is 0 Å². The molecule has 0 aliphatic carbocycles. The highest BCUT2D eigenvalue weighted by molar-refractivity contribution is 7.09. The number of nitrogens with one attached hydrogen (secondary N) is 5. The third kappa shape index (κ3) is 10.9. The predicted molar refractivity (Wildman–Crippen MR) is 212 cm³/mol. The first-order valence-corrected chi connectivity index (χ1v) is 19.1. The third-order valence-electron chi connectivity index (χ3n) is 9.43. The number of carboxylic acid groups (broad SMARTS) is 1. The fourth-order valence-corrected chi connectivity index (χ4v) is 7.22. The van der Waals surface area contributed by atoms with Crippen LogP contribution in [0.1, 0.15) is 28.0 Å². The van der Waals surface area contributed by atoms with Crippen molar-refractivity contribution in [3.8, 4) is 11.1 Å². The quantitative estimate of drug-likeness (QED) is 0.123. The summed E-state index contributed by atoms with van der Waals surface area (Å²) in [4.78, 5) is 55.9. The Bertz CT molecular complexity index is 1970. The van der Waals surface area contributed by atoms with Gasteiger partial charge in [0.2, 0.25) is 17.7 Å². The van der Waals surface area contributed by atoms with Crippen LogP contribution in [-0.2, 0) is 44.9 Å². The molecule has 2 aliphatic heterocycles. The minimum absolute atomic E-state index is 0.0561. The van der Waals surface area contributed by atoms with E-state index in [1.807, 2.05) is 127 Å². The SMILES string of the molecule is O=C1N[C@H](Cc2ccccc2)C(=O)N[C@@H](C(=O)O)Cc2ccc(cc2)NCCCN[C@H](Cc2cccs2)C(=O)N[C@H]1Cc1ccc(-c2ccccc2)cc1. The van der Waals surface area contributed by atoms with Crippen LogP contribution in [0.4, 0.5) is 5.69 Å². The van der Waals surface area contributed by atoms with Gasteiger partial charge in [0.15, 0.2) is 0 Å². The molecule has 3 heterocycles. The molecule has 0 radical (unpaired) electrons. The van der Waals surface area contributed by atoms with Crippen molar-refractivity contribution in [2.24, 2.45) is 0 Å². The van der Waals surface area contributed by atoms with Crippen LogP contribution in [0.5, 0.6) is 0 Å². The molecule has 0 unspecified atom stereocenters. The summed E-state index contributed by atoms with van der Waals surface area (Å²) in [6.45, 7) is 1.19. The van der Waals surface area contributed by atoms with E-state index in [2.05, 4.69) is 26.6 Å². The smallest absolute Gasteiger partial charge is 0.326 e. The average Bonchev–Trinajstić information content (AvgIpc) is 3.71. The average molecular weight is 744 g/mol. The Kier molecular flexibility index (Phi) is 13.2. The van der Waals surface area contributed by atoms with Crippen molar-refractivity contribution in [3.05, 3.63) is 148 Å². The van der Waals surface area contributed by atoms with Crippen molar-refractivity contribution in [2.45, 2.75) is 56.3 Å². The van der Waals surface area contributed by atoms with Gasteiger partial charge in [-0.1, -0.05) is 103 Å². The monoisotopic (exact) mass is 743 g/mol. The fourth-order valence-electron chi connectivity index (χ4n) is 6.46. The van der Waals surface area contributed by atoms with Crippen LogP contribution >= 0.6 is 11.3 Å². The number of anilines is 1. The minimum atomic E-state index is -1.24.